The van der Waals surface area contributed by atoms with E-state index in [0.717, 1.165) is 5.54 Å². The lowest BCUT2D eigenvalue weighted by Crippen LogP contribution is -2.45. The van der Waals surface area contributed by atoms with Gasteiger partial charge in [-0.15, -0.1) is 0 Å². The smallest absolute Gasteiger partial charge is 0.193 e. The van der Waals surface area contributed by atoms with Gasteiger partial charge in [-0.3, -0.25) is 0 Å². The van der Waals surface area contributed by atoms with Crippen LogP contribution in [-0.2, 0) is 4.43 Å². The summed E-state index contributed by atoms with van der Waals surface area (Å²) in [6.45, 7) is 7.06. The lowest BCUT2D eigenvalue weighted by Gasteiger charge is -2.36. The first-order valence-corrected chi connectivity index (χ1v) is 8.18. The van der Waals surface area contributed by atoms with Crippen molar-refractivity contribution in [3.8, 4) is 0 Å². The maximum atomic E-state index is 5.82. The predicted molar refractivity (Wildman–Crippen MR) is 59.6 cm³/mol. The van der Waals surface area contributed by atoms with Gasteiger partial charge in [0.15, 0.2) is 8.32 Å². The number of hydrogen-bond acceptors (Lipinski definition) is 2. The lowest BCUT2D eigenvalue weighted by atomic mass is 10.2. The summed E-state index contributed by atoms with van der Waals surface area (Å²) in [6.07, 6.45) is 3.98. The number of piperidine rings is 1. The molecule has 0 amide bonds. The SMILES string of the molecule is CCC[Si](C)(OC)C1CCCNC1. The molecule has 0 aromatic heterocycles. The number of nitrogens with one attached hydrogen (secondary N) is 1. The van der Waals surface area contributed by atoms with Crippen molar-refractivity contribution in [3.05, 3.63) is 0 Å². The van der Waals surface area contributed by atoms with Crippen molar-refractivity contribution in [2.75, 3.05) is 20.2 Å². The van der Waals surface area contributed by atoms with E-state index < -0.39 is 8.32 Å². The maximum Gasteiger partial charge on any atom is 0.193 e. The molecule has 78 valence electrons. The third kappa shape index (κ3) is 2.79. The molecule has 0 radical (unpaired) electrons. The highest BCUT2D eigenvalue weighted by Gasteiger charge is 2.37. The summed E-state index contributed by atoms with van der Waals surface area (Å²) in [6, 6.07) is 1.32. The van der Waals surface area contributed by atoms with Crippen LogP contribution < -0.4 is 5.32 Å². The van der Waals surface area contributed by atoms with Crippen LogP contribution in [0.5, 0.6) is 0 Å². The van der Waals surface area contributed by atoms with Crippen LogP contribution in [0.3, 0.4) is 0 Å². The largest absolute Gasteiger partial charge is 0.420 e. The molecule has 1 heterocycles. The van der Waals surface area contributed by atoms with Gasteiger partial charge in [-0.1, -0.05) is 13.3 Å². The zero-order valence-electron chi connectivity index (χ0n) is 9.23. The first-order chi connectivity index (χ1) is 6.23. The summed E-state index contributed by atoms with van der Waals surface area (Å²) < 4.78 is 5.82. The molecule has 1 aliphatic rings. The number of hydrogen-bond donors (Lipinski definition) is 1. The van der Waals surface area contributed by atoms with E-state index in [1.54, 1.807) is 0 Å². The van der Waals surface area contributed by atoms with E-state index in [0.29, 0.717) is 0 Å². The topological polar surface area (TPSA) is 21.3 Å². The fraction of sp³-hybridized carbons (Fsp3) is 1.00. The molecule has 0 aliphatic carbocycles. The molecule has 1 saturated heterocycles. The first-order valence-electron chi connectivity index (χ1n) is 5.49. The summed E-state index contributed by atoms with van der Waals surface area (Å²) in [4.78, 5) is 0. The van der Waals surface area contributed by atoms with Crippen LogP contribution in [-0.4, -0.2) is 28.5 Å². The molecule has 1 rings (SSSR count). The second kappa shape index (κ2) is 5.13. The van der Waals surface area contributed by atoms with Gasteiger partial charge in [-0.05, 0) is 44.1 Å². The van der Waals surface area contributed by atoms with Crippen LogP contribution >= 0.6 is 0 Å². The van der Waals surface area contributed by atoms with Gasteiger partial charge in [-0.25, -0.2) is 0 Å². The average molecular weight is 201 g/mol. The van der Waals surface area contributed by atoms with E-state index in [9.17, 15) is 0 Å². The third-order valence-electron chi connectivity index (χ3n) is 3.37. The Hall–Kier alpha value is 0.137. The molecular formula is C10H23NOSi. The highest BCUT2D eigenvalue weighted by Crippen LogP contribution is 2.32. The maximum absolute atomic E-state index is 5.82. The second-order valence-corrected chi connectivity index (χ2v) is 8.66. The van der Waals surface area contributed by atoms with Gasteiger partial charge in [-0.2, -0.15) is 0 Å². The molecule has 3 heteroatoms. The third-order valence-corrected chi connectivity index (χ3v) is 8.02. The minimum Gasteiger partial charge on any atom is -0.420 e. The van der Waals surface area contributed by atoms with E-state index in [1.165, 1.54) is 38.4 Å². The monoisotopic (exact) mass is 201 g/mol. The summed E-state index contributed by atoms with van der Waals surface area (Å²) >= 11 is 0. The van der Waals surface area contributed by atoms with Crippen LogP contribution in [0, 0.1) is 0 Å². The van der Waals surface area contributed by atoms with Crippen LogP contribution in [0.25, 0.3) is 0 Å². The van der Waals surface area contributed by atoms with Crippen LogP contribution in [0.1, 0.15) is 26.2 Å². The van der Waals surface area contributed by atoms with Gasteiger partial charge < -0.3 is 9.74 Å². The molecule has 2 unspecified atom stereocenters. The molecule has 1 fully saturated rings. The van der Waals surface area contributed by atoms with Gasteiger partial charge >= 0.3 is 0 Å². The zero-order chi connectivity index (χ0) is 9.73. The second-order valence-electron chi connectivity index (χ2n) is 4.31. The molecular weight excluding hydrogens is 178 g/mol. The summed E-state index contributed by atoms with van der Waals surface area (Å²) in [5.41, 5.74) is 0.839. The lowest BCUT2D eigenvalue weighted by molar-refractivity contribution is 0.361. The van der Waals surface area contributed by atoms with E-state index in [2.05, 4.69) is 18.8 Å². The van der Waals surface area contributed by atoms with Gasteiger partial charge in [0.25, 0.3) is 0 Å². The molecule has 1 N–H and O–H groups in total. The Kier molecular flexibility index (Phi) is 4.42. The molecule has 2 nitrogen and oxygen atoms in total. The minimum absolute atomic E-state index is 0.839. The quantitative estimate of drug-likeness (QED) is 0.705. The Morgan fingerprint density at radius 2 is 2.31 bits per heavy atom. The van der Waals surface area contributed by atoms with Gasteiger partial charge in [0, 0.05) is 7.11 Å². The van der Waals surface area contributed by atoms with E-state index in [4.69, 9.17) is 4.43 Å². The van der Waals surface area contributed by atoms with E-state index in [1.807, 2.05) is 7.11 Å². The van der Waals surface area contributed by atoms with E-state index >= 15 is 0 Å². The highest BCUT2D eigenvalue weighted by molar-refractivity contribution is 6.74. The van der Waals surface area contributed by atoms with Crippen LogP contribution in [0.15, 0.2) is 0 Å². The molecule has 2 atom stereocenters. The number of rotatable bonds is 4. The van der Waals surface area contributed by atoms with Crippen LogP contribution in [0.2, 0.25) is 18.1 Å². The van der Waals surface area contributed by atoms with Crippen molar-refractivity contribution >= 4 is 8.32 Å². The Morgan fingerprint density at radius 1 is 1.54 bits per heavy atom. The molecule has 1 aliphatic heterocycles. The molecule has 0 bridgehead atoms. The Bertz CT molecular complexity index is 148. The zero-order valence-corrected chi connectivity index (χ0v) is 10.2. The molecule has 0 aromatic rings. The van der Waals surface area contributed by atoms with Crippen molar-refractivity contribution in [3.63, 3.8) is 0 Å². The van der Waals surface area contributed by atoms with Gasteiger partial charge in [0.1, 0.15) is 0 Å². The fourth-order valence-electron chi connectivity index (χ4n) is 2.34. The molecule has 0 aromatic carbocycles. The van der Waals surface area contributed by atoms with Crippen molar-refractivity contribution in [2.24, 2.45) is 0 Å². The normalized spacial score (nSPS) is 28.4. The Morgan fingerprint density at radius 3 is 2.77 bits per heavy atom. The van der Waals surface area contributed by atoms with Crippen molar-refractivity contribution < 1.29 is 4.43 Å². The Balaban J connectivity index is 2.51. The summed E-state index contributed by atoms with van der Waals surface area (Å²) in [5, 5.41) is 3.49. The van der Waals surface area contributed by atoms with Crippen molar-refractivity contribution in [1.29, 1.82) is 0 Å². The van der Waals surface area contributed by atoms with Crippen molar-refractivity contribution in [2.45, 2.75) is 44.3 Å². The standard InChI is InChI=1S/C10H23NOSi/c1-4-8-13(3,12-2)10-6-5-7-11-9-10/h10-11H,4-9H2,1-3H3. The highest BCUT2D eigenvalue weighted by atomic mass is 28.4. The first kappa shape index (κ1) is 11.2. The molecule has 13 heavy (non-hydrogen) atoms. The minimum atomic E-state index is -1.39. The predicted octanol–water partition coefficient (Wildman–Crippen LogP) is 2.37. The van der Waals surface area contributed by atoms with E-state index in [-0.39, 0.29) is 0 Å². The average Bonchev–Trinajstić information content (AvgIpc) is 2.19. The van der Waals surface area contributed by atoms with Crippen molar-refractivity contribution in [1.82, 2.24) is 5.32 Å². The Labute approximate surface area is 83.2 Å². The summed E-state index contributed by atoms with van der Waals surface area (Å²) in [7, 11) is 0.528. The van der Waals surface area contributed by atoms with Crippen LogP contribution in [0.4, 0.5) is 0 Å². The van der Waals surface area contributed by atoms with Gasteiger partial charge in [0.05, 0.1) is 0 Å². The summed E-state index contributed by atoms with van der Waals surface area (Å²) in [5.74, 6) is 0. The molecule has 0 saturated carbocycles. The van der Waals surface area contributed by atoms with Gasteiger partial charge in [0.2, 0.25) is 0 Å². The molecule has 0 spiro atoms. The fourth-order valence-corrected chi connectivity index (χ4v) is 5.67.